The number of thioether (sulfide) groups is 1. The second-order valence-corrected chi connectivity index (χ2v) is 6.57. The summed E-state index contributed by atoms with van der Waals surface area (Å²) >= 11 is 4.48. The summed E-state index contributed by atoms with van der Waals surface area (Å²) in [5.41, 5.74) is 0.174. The fourth-order valence-electron chi connectivity index (χ4n) is 1.85. The lowest BCUT2D eigenvalue weighted by atomic mass is 10.3. The van der Waals surface area contributed by atoms with Gasteiger partial charge in [-0.3, -0.25) is 4.79 Å². The van der Waals surface area contributed by atoms with E-state index in [2.05, 4.69) is 31.4 Å². The van der Waals surface area contributed by atoms with Crippen molar-refractivity contribution in [3.8, 4) is 0 Å². The molecule has 0 saturated heterocycles. The number of hydrogen-bond acceptors (Lipinski definition) is 4. The van der Waals surface area contributed by atoms with Crippen molar-refractivity contribution in [3.05, 3.63) is 34.8 Å². The molecule has 110 valence electrons. The Kier molecular flexibility index (Phi) is 4.25. The average molecular weight is 371 g/mol. The summed E-state index contributed by atoms with van der Waals surface area (Å²) in [4.78, 5) is 11.9. The maximum Gasteiger partial charge on any atom is 0.234 e. The number of rotatable bonds is 5. The minimum Gasteiger partial charge on any atom is -0.323 e. The predicted molar refractivity (Wildman–Crippen MR) is 81.7 cm³/mol. The van der Waals surface area contributed by atoms with E-state index in [9.17, 15) is 9.18 Å². The molecule has 0 radical (unpaired) electrons. The first kappa shape index (κ1) is 14.5. The van der Waals surface area contributed by atoms with E-state index in [1.165, 1.54) is 23.9 Å². The molecule has 1 aliphatic carbocycles. The van der Waals surface area contributed by atoms with Crippen molar-refractivity contribution in [1.29, 1.82) is 0 Å². The first-order valence-corrected chi connectivity index (χ1v) is 8.18. The van der Waals surface area contributed by atoms with Crippen molar-refractivity contribution in [2.75, 3.05) is 11.1 Å². The van der Waals surface area contributed by atoms with Crippen molar-refractivity contribution < 1.29 is 9.18 Å². The first-order valence-electron chi connectivity index (χ1n) is 6.40. The van der Waals surface area contributed by atoms with E-state index in [-0.39, 0.29) is 17.3 Å². The van der Waals surface area contributed by atoms with E-state index >= 15 is 0 Å². The Morgan fingerprint density at radius 3 is 3.05 bits per heavy atom. The van der Waals surface area contributed by atoms with Gasteiger partial charge < -0.3 is 9.88 Å². The fraction of sp³-hybridized carbons (Fsp3) is 0.308. The van der Waals surface area contributed by atoms with E-state index < -0.39 is 5.82 Å². The summed E-state index contributed by atoms with van der Waals surface area (Å²) in [6.45, 7) is 0. The number of anilines is 1. The fourth-order valence-corrected chi connectivity index (χ4v) is 2.96. The number of nitrogens with zero attached hydrogens (tertiary/aromatic N) is 3. The number of aromatic nitrogens is 3. The van der Waals surface area contributed by atoms with Crippen LogP contribution in [0.1, 0.15) is 18.9 Å². The number of benzene rings is 1. The van der Waals surface area contributed by atoms with E-state index in [0.29, 0.717) is 10.5 Å². The second kappa shape index (κ2) is 6.15. The third kappa shape index (κ3) is 3.62. The highest BCUT2D eigenvalue weighted by atomic mass is 79.9. The molecule has 0 aliphatic heterocycles. The van der Waals surface area contributed by atoms with Gasteiger partial charge >= 0.3 is 0 Å². The topological polar surface area (TPSA) is 59.8 Å². The van der Waals surface area contributed by atoms with Gasteiger partial charge in [-0.15, -0.1) is 10.2 Å². The van der Waals surface area contributed by atoms with Crippen molar-refractivity contribution in [3.63, 3.8) is 0 Å². The summed E-state index contributed by atoms with van der Waals surface area (Å²) in [5, 5.41) is 11.1. The summed E-state index contributed by atoms with van der Waals surface area (Å²) in [5.74, 6) is -0.573. The largest absolute Gasteiger partial charge is 0.323 e. The molecule has 1 aromatic heterocycles. The Hall–Kier alpha value is -1.41. The van der Waals surface area contributed by atoms with Crippen LogP contribution in [-0.2, 0) is 4.79 Å². The highest BCUT2D eigenvalue weighted by Gasteiger charge is 2.26. The molecule has 2 aromatic rings. The van der Waals surface area contributed by atoms with Crippen LogP contribution in [0.4, 0.5) is 10.1 Å². The monoisotopic (exact) mass is 370 g/mol. The molecule has 3 rings (SSSR count). The van der Waals surface area contributed by atoms with Crippen molar-refractivity contribution in [2.45, 2.75) is 24.0 Å². The summed E-state index contributed by atoms with van der Waals surface area (Å²) in [7, 11) is 0. The number of halogens is 2. The normalized spacial score (nSPS) is 14.2. The van der Waals surface area contributed by atoms with Crippen LogP contribution in [0, 0.1) is 5.82 Å². The van der Waals surface area contributed by atoms with Gasteiger partial charge in [-0.2, -0.15) is 0 Å². The lowest BCUT2D eigenvalue weighted by Gasteiger charge is -2.07. The SMILES string of the molecule is O=C(CSc1nncn1C1CC1)Nc1ccc(Br)cc1F. The van der Waals surface area contributed by atoms with Crippen molar-refractivity contribution in [1.82, 2.24) is 14.8 Å². The summed E-state index contributed by atoms with van der Waals surface area (Å²) < 4.78 is 16.2. The lowest BCUT2D eigenvalue weighted by molar-refractivity contribution is -0.113. The van der Waals surface area contributed by atoms with Gasteiger partial charge in [0.15, 0.2) is 5.16 Å². The molecule has 1 amide bonds. The van der Waals surface area contributed by atoms with Crippen LogP contribution in [0.5, 0.6) is 0 Å². The Labute approximate surface area is 133 Å². The molecule has 21 heavy (non-hydrogen) atoms. The number of carbonyl (C=O) groups excluding carboxylic acids is 1. The molecule has 1 aromatic carbocycles. The van der Waals surface area contributed by atoms with Crippen molar-refractivity contribution >= 4 is 39.3 Å². The molecule has 1 heterocycles. The van der Waals surface area contributed by atoms with E-state index in [1.54, 1.807) is 12.4 Å². The first-order chi connectivity index (χ1) is 10.1. The molecule has 0 atom stereocenters. The van der Waals surface area contributed by atoms with E-state index in [0.717, 1.165) is 18.0 Å². The van der Waals surface area contributed by atoms with Crippen LogP contribution in [-0.4, -0.2) is 26.4 Å². The quantitative estimate of drug-likeness (QED) is 0.820. The van der Waals surface area contributed by atoms with Crippen LogP contribution in [0.2, 0.25) is 0 Å². The number of amides is 1. The van der Waals surface area contributed by atoms with Gasteiger partial charge in [0.1, 0.15) is 12.1 Å². The number of nitrogens with one attached hydrogen (secondary N) is 1. The van der Waals surface area contributed by atoms with Gasteiger partial charge in [0.05, 0.1) is 11.4 Å². The van der Waals surface area contributed by atoms with Crippen LogP contribution in [0.25, 0.3) is 0 Å². The minimum atomic E-state index is -0.469. The molecule has 0 spiro atoms. The molecular formula is C13H12BrFN4OS. The average Bonchev–Trinajstić information content (AvgIpc) is 3.18. The molecule has 1 aliphatic rings. The van der Waals surface area contributed by atoms with Gasteiger partial charge in [-0.1, -0.05) is 27.7 Å². The summed E-state index contributed by atoms with van der Waals surface area (Å²) in [6, 6.07) is 4.98. The zero-order valence-electron chi connectivity index (χ0n) is 10.9. The van der Waals surface area contributed by atoms with Gasteiger partial charge in [0.2, 0.25) is 5.91 Å². The van der Waals surface area contributed by atoms with Crippen LogP contribution in [0.3, 0.4) is 0 Å². The number of carbonyl (C=O) groups is 1. The van der Waals surface area contributed by atoms with E-state index in [1.807, 2.05) is 4.57 Å². The van der Waals surface area contributed by atoms with Gasteiger partial charge in [-0.25, -0.2) is 4.39 Å². The zero-order chi connectivity index (χ0) is 14.8. The van der Waals surface area contributed by atoms with Gasteiger partial charge in [0.25, 0.3) is 0 Å². The Balaban J connectivity index is 1.57. The maximum absolute atomic E-state index is 13.6. The summed E-state index contributed by atoms with van der Waals surface area (Å²) in [6.07, 6.45) is 3.94. The van der Waals surface area contributed by atoms with Crippen molar-refractivity contribution in [2.24, 2.45) is 0 Å². The molecule has 1 saturated carbocycles. The number of hydrogen-bond donors (Lipinski definition) is 1. The third-order valence-corrected chi connectivity index (χ3v) is 4.47. The van der Waals surface area contributed by atoms with Crippen LogP contribution >= 0.6 is 27.7 Å². The molecule has 0 bridgehead atoms. The van der Waals surface area contributed by atoms with Gasteiger partial charge in [-0.05, 0) is 31.0 Å². The molecule has 1 N–H and O–H groups in total. The Morgan fingerprint density at radius 2 is 2.33 bits per heavy atom. The maximum atomic E-state index is 13.6. The standard InChI is InChI=1S/C13H12BrFN4OS/c14-8-1-4-11(10(15)5-8)17-12(20)6-21-13-18-16-7-19(13)9-2-3-9/h1,4-5,7,9H,2-3,6H2,(H,17,20). The minimum absolute atomic E-state index is 0.168. The second-order valence-electron chi connectivity index (χ2n) is 4.71. The molecule has 5 nitrogen and oxygen atoms in total. The molecular weight excluding hydrogens is 359 g/mol. The van der Waals surface area contributed by atoms with Crippen LogP contribution in [0.15, 0.2) is 34.2 Å². The highest BCUT2D eigenvalue weighted by molar-refractivity contribution is 9.10. The van der Waals surface area contributed by atoms with Crippen LogP contribution < -0.4 is 5.32 Å². The molecule has 0 unspecified atom stereocenters. The zero-order valence-corrected chi connectivity index (χ0v) is 13.3. The van der Waals surface area contributed by atoms with E-state index in [4.69, 9.17) is 0 Å². The van der Waals surface area contributed by atoms with Gasteiger partial charge in [0, 0.05) is 10.5 Å². The Morgan fingerprint density at radius 1 is 1.52 bits per heavy atom. The third-order valence-electron chi connectivity index (χ3n) is 3.02. The Bertz CT molecular complexity index is 674. The lowest BCUT2D eigenvalue weighted by Crippen LogP contribution is -2.15. The predicted octanol–water partition coefficient (Wildman–Crippen LogP) is 3.25. The highest BCUT2D eigenvalue weighted by Crippen LogP contribution is 2.37. The smallest absolute Gasteiger partial charge is 0.234 e. The molecule has 8 heteroatoms. The molecule has 1 fully saturated rings.